The van der Waals surface area contributed by atoms with Crippen LogP contribution in [0.1, 0.15) is 5.56 Å². The summed E-state index contributed by atoms with van der Waals surface area (Å²) in [7, 11) is -0.135. The van der Waals surface area contributed by atoms with Crippen LogP contribution in [0.3, 0.4) is 0 Å². The van der Waals surface area contributed by atoms with E-state index >= 15 is 0 Å². The molecule has 9 heteroatoms. The van der Waals surface area contributed by atoms with E-state index in [2.05, 4.69) is 4.72 Å². The second-order valence-corrected chi connectivity index (χ2v) is 5.92. The Kier molecular flexibility index (Phi) is 6.63. The SMILES string of the molecule is CN(C)C=O.Cc1cccc([N+](=O)[O-])c1NS(C)(=O)=O. The molecule has 1 aromatic rings. The highest BCUT2D eigenvalue weighted by atomic mass is 32.2. The van der Waals surface area contributed by atoms with Crippen molar-refractivity contribution in [2.45, 2.75) is 6.92 Å². The third-order valence-electron chi connectivity index (χ3n) is 1.95. The number of carbonyl (C=O) groups is 1. The van der Waals surface area contributed by atoms with E-state index in [1.807, 2.05) is 0 Å². The summed E-state index contributed by atoms with van der Waals surface area (Å²) in [6.07, 6.45) is 1.70. The largest absolute Gasteiger partial charge is 0.351 e. The molecule has 0 saturated carbocycles. The normalized spacial score (nSPS) is 10.0. The van der Waals surface area contributed by atoms with Gasteiger partial charge in [-0.25, -0.2) is 8.42 Å². The van der Waals surface area contributed by atoms with Crippen molar-refractivity contribution >= 4 is 27.8 Å². The first-order valence-electron chi connectivity index (χ1n) is 5.42. The standard InChI is InChI=1S/C8H10N2O4S.C3H7NO/c1-6-4-3-5-7(10(11)12)8(6)9-15(2,13)14;1-4(2)3-5/h3-5,9H,1-2H3;3H,1-2H3. The van der Waals surface area contributed by atoms with Crippen LogP contribution in [0.5, 0.6) is 0 Å². The lowest BCUT2D eigenvalue weighted by Crippen LogP contribution is -2.12. The number of hydrogen-bond donors (Lipinski definition) is 1. The molecule has 0 aliphatic rings. The van der Waals surface area contributed by atoms with Gasteiger partial charge in [0, 0.05) is 20.2 Å². The second kappa shape index (κ2) is 7.43. The van der Waals surface area contributed by atoms with Crippen LogP contribution in [0.25, 0.3) is 0 Å². The molecular formula is C11H17N3O5S. The van der Waals surface area contributed by atoms with Crippen LogP contribution in [0, 0.1) is 17.0 Å². The summed E-state index contributed by atoms with van der Waals surface area (Å²) in [5.74, 6) is 0. The number of nitrogens with one attached hydrogen (secondary N) is 1. The highest BCUT2D eigenvalue weighted by molar-refractivity contribution is 7.92. The summed E-state index contributed by atoms with van der Waals surface area (Å²) in [6, 6.07) is 4.35. The van der Waals surface area contributed by atoms with Crippen LogP contribution in [0.4, 0.5) is 11.4 Å². The van der Waals surface area contributed by atoms with E-state index in [1.54, 1.807) is 27.1 Å². The van der Waals surface area contributed by atoms with E-state index in [0.717, 1.165) is 12.7 Å². The van der Waals surface area contributed by atoms with Crippen molar-refractivity contribution < 1.29 is 18.1 Å². The number of para-hydroxylation sites is 1. The van der Waals surface area contributed by atoms with Crippen LogP contribution in [0.15, 0.2) is 18.2 Å². The number of amides is 1. The van der Waals surface area contributed by atoms with Crippen molar-refractivity contribution in [1.82, 2.24) is 4.90 Å². The summed E-state index contributed by atoms with van der Waals surface area (Å²) in [5.41, 5.74) is 0.278. The van der Waals surface area contributed by atoms with Gasteiger partial charge >= 0.3 is 0 Å². The molecule has 0 unspecified atom stereocenters. The zero-order valence-corrected chi connectivity index (χ0v) is 12.5. The van der Waals surface area contributed by atoms with Gasteiger partial charge in [0.05, 0.1) is 11.2 Å². The van der Waals surface area contributed by atoms with Crippen molar-refractivity contribution in [2.24, 2.45) is 0 Å². The monoisotopic (exact) mass is 303 g/mol. The minimum absolute atomic E-state index is 0.0185. The van der Waals surface area contributed by atoms with Crippen molar-refractivity contribution in [2.75, 3.05) is 25.1 Å². The fourth-order valence-corrected chi connectivity index (χ4v) is 1.76. The van der Waals surface area contributed by atoms with Gasteiger partial charge in [0.2, 0.25) is 16.4 Å². The van der Waals surface area contributed by atoms with Crippen LogP contribution >= 0.6 is 0 Å². The maximum Gasteiger partial charge on any atom is 0.293 e. The maximum absolute atomic E-state index is 11.0. The van der Waals surface area contributed by atoms with E-state index in [4.69, 9.17) is 0 Å². The highest BCUT2D eigenvalue weighted by Crippen LogP contribution is 2.28. The lowest BCUT2D eigenvalue weighted by atomic mass is 10.2. The summed E-state index contributed by atoms with van der Waals surface area (Å²) < 4.78 is 24.1. The average molecular weight is 303 g/mol. The van der Waals surface area contributed by atoms with Gasteiger partial charge in [-0.15, -0.1) is 0 Å². The number of nitrogens with zero attached hydrogens (tertiary/aromatic N) is 2. The Morgan fingerprint density at radius 1 is 1.35 bits per heavy atom. The van der Waals surface area contributed by atoms with Gasteiger partial charge in [-0.05, 0) is 12.5 Å². The number of aryl methyl sites for hydroxylation is 1. The van der Waals surface area contributed by atoms with Crippen molar-refractivity contribution in [3.05, 3.63) is 33.9 Å². The minimum Gasteiger partial charge on any atom is -0.351 e. The Morgan fingerprint density at radius 3 is 2.20 bits per heavy atom. The van der Waals surface area contributed by atoms with E-state index in [0.29, 0.717) is 5.56 Å². The third kappa shape index (κ3) is 6.69. The fraction of sp³-hybridized carbons (Fsp3) is 0.364. The number of carbonyl (C=O) groups excluding carboxylic acids is 1. The first-order valence-corrected chi connectivity index (χ1v) is 7.31. The van der Waals surface area contributed by atoms with Crippen LogP contribution in [-0.4, -0.2) is 45.0 Å². The van der Waals surface area contributed by atoms with Gasteiger partial charge in [0.1, 0.15) is 5.69 Å². The van der Waals surface area contributed by atoms with Gasteiger partial charge in [0.25, 0.3) is 5.69 Å². The quantitative estimate of drug-likeness (QED) is 0.506. The number of anilines is 1. The molecule has 112 valence electrons. The molecule has 0 heterocycles. The van der Waals surface area contributed by atoms with Crippen molar-refractivity contribution in [1.29, 1.82) is 0 Å². The molecule has 1 rings (SSSR count). The molecule has 20 heavy (non-hydrogen) atoms. The third-order valence-corrected chi connectivity index (χ3v) is 2.52. The number of sulfonamides is 1. The summed E-state index contributed by atoms with van der Waals surface area (Å²) in [4.78, 5) is 20.9. The topological polar surface area (TPSA) is 110 Å². The molecule has 0 radical (unpaired) electrons. The molecule has 0 aromatic heterocycles. The molecule has 0 aliphatic carbocycles. The minimum atomic E-state index is -3.51. The smallest absolute Gasteiger partial charge is 0.293 e. The molecule has 0 spiro atoms. The van der Waals surface area contributed by atoms with Gasteiger partial charge in [-0.3, -0.25) is 19.6 Å². The number of benzene rings is 1. The van der Waals surface area contributed by atoms with Gasteiger partial charge < -0.3 is 4.90 Å². The van der Waals surface area contributed by atoms with Crippen molar-refractivity contribution in [3.8, 4) is 0 Å². The first-order chi connectivity index (χ1) is 9.08. The number of nitro benzene ring substituents is 1. The molecule has 0 aliphatic heterocycles. The van der Waals surface area contributed by atoms with E-state index in [9.17, 15) is 23.3 Å². The molecular weight excluding hydrogens is 286 g/mol. The Labute approximate surface area is 117 Å². The van der Waals surface area contributed by atoms with E-state index in [-0.39, 0.29) is 11.4 Å². The summed E-state index contributed by atoms with van der Waals surface area (Å²) in [5, 5.41) is 10.6. The Balaban J connectivity index is 0.000000621. The summed E-state index contributed by atoms with van der Waals surface area (Å²) >= 11 is 0. The zero-order chi connectivity index (χ0) is 15.9. The predicted molar refractivity (Wildman–Crippen MR) is 76.1 cm³/mol. The highest BCUT2D eigenvalue weighted by Gasteiger charge is 2.17. The molecule has 1 aromatic carbocycles. The molecule has 0 atom stereocenters. The van der Waals surface area contributed by atoms with Crippen molar-refractivity contribution in [3.63, 3.8) is 0 Å². The van der Waals surface area contributed by atoms with Crippen LogP contribution in [-0.2, 0) is 14.8 Å². The predicted octanol–water partition coefficient (Wildman–Crippen LogP) is 0.979. The Hall–Kier alpha value is -2.16. The molecule has 0 saturated heterocycles. The number of hydrogen-bond acceptors (Lipinski definition) is 5. The van der Waals surface area contributed by atoms with Gasteiger partial charge in [0.15, 0.2) is 0 Å². The van der Waals surface area contributed by atoms with E-state index in [1.165, 1.54) is 17.0 Å². The molecule has 1 amide bonds. The molecule has 0 bridgehead atoms. The average Bonchev–Trinajstić information content (AvgIpc) is 2.30. The number of nitro groups is 1. The lowest BCUT2D eigenvalue weighted by Gasteiger charge is -2.07. The van der Waals surface area contributed by atoms with Crippen LogP contribution in [0.2, 0.25) is 0 Å². The summed E-state index contributed by atoms with van der Waals surface area (Å²) in [6.45, 7) is 1.60. The fourth-order valence-electron chi connectivity index (χ4n) is 1.12. The Morgan fingerprint density at radius 2 is 1.85 bits per heavy atom. The van der Waals surface area contributed by atoms with E-state index < -0.39 is 14.9 Å². The molecule has 0 fully saturated rings. The molecule has 1 N–H and O–H groups in total. The maximum atomic E-state index is 11.0. The molecule has 8 nitrogen and oxygen atoms in total. The first kappa shape index (κ1) is 17.8. The van der Waals surface area contributed by atoms with Crippen LogP contribution < -0.4 is 4.72 Å². The van der Waals surface area contributed by atoms with Gasteiger partial charge in [-0.2, -0.15) is 0 Å². The van der Waals surface area contributed by atoms with Gasteiger partial charge in [-0.1, -0.05) is 12.1 Å². The Bertz CT molecular complexity index is 584. The zero-order valence-electron chi connectivity index (χ0n) is 11.7. The lowest BCUT2D eigenvalue weighted by molar-refractivity contribution is -0.383. The second-order valence-electron chi connectivity index (χ2n) is 4.17. The number of rotatable bonds is 4.